The quantitative estimate of drug-likeness (QED) is 0.928. The maximum absolute atomic E-state index is 12.4. The fraction of sp³-hybridized carbons (Fsp3) is 0.533. The van der Waals surface area contributed by atoms with Gasteiger partial charge in [-0.05, 0) is 37.6 Å². The number of piperidine rings is 1. The van der Waals surface area contributed by atoms with Crippen LogP contribution in [-0.4, -0.2) is 37.6 Å². The van der Waals surface area contributed by atoms with Gasteiger partial charge in [-0.2, -0.15) is 0 Å². The Morgan fingerprint density at radius 2 is 2.30 bits per heavy atom. The molecule has 1 fully saturated rings. The number of nitrogens with zero attached hydrogens (tertiary/aromatic N) is 1. The highest BCUT2D eigenvalue weighted by molar-refractivity contribution is 6.30. The van der Waals surface area contributed by atoms with Gasteiger partial charge in [0.05, 0.1) is 13.2 Å². The third kappa shape index (κ3) is 3.64. The zero-order valence-electron chi connectivity index (χ0n) is 12.0. The van der Waals surface area contributed by atoms with E-state index in [1.807, 2.05) is 19.2 Å². The third-order valence-corrected chi connectivity index (χ3v) is 3.87. The molecule has 1 saturated heterocycles. The Balaban J connectivity index is 2.04. The van der Waals surface area contributed by atoms with Gasteiger partial charge in [-0.1, -0.05) is 18.0 Å². The molecule has 0 radical (unpaired) electrons. The number of carbonyl (C=O) groups excluding carboxylic acids is 1. The van der Waals surface area contributed by atoms with E-state index >= 15 is 0 Å². The largest absolute Gasteiger partial charge is 0.496 e. The zero-order valence-corrected chi connectivity index (χ0v) is 12.7. The molecule has 0 unspecified atom stereocenters. The average Bonchev–Trinajstić information content (AvgIpc) is 2.47. The number of hydrogen-bond acceptors (Lipinski definition) is 3. The van der Waals surface area contributed by atoms with Crippen molar-refractivity contribution in [3.05, 3.63) is 28.8 Å². The van der Waals surface area contributed by atoms with E-state index in [1.54, 1.807) is 18.1 Å². The molecule has 1 aromatic carbocycles. The predicted molar refractivity (Wildman–Crippen MR) is 80.1 cm³/mol. The Hall–Kier alpha value is -1.26. The van der Waals surface area contributed by atoms with Gasteiger partial charge < -0.3 is 15.0 Å². The van der Waals surface area contributed by atoms with Gasteiger partial charge in [0.15, 0.2) is 0 Å². The van der Waals surface area contributed by atoms with Crippen molar-refractivity contribution in [2.75, 3.05) is 20.7 Å². The van der Waals surface area contributed by atoms with Crippen LogP contribution in [-0.2, 0) is 11.3 Å². The Morgan fingerprint density at radius 1 is 1.50 bits per heavy atom. The third-order valence-electron chi connectivity index (χ3n) is 3.63. The molecular formula is C15H21ClN2O2. The molecule has 1 aromatic rings. The van der Waals surface area contributed by atoms with E-state index in [9.17, 15) is 4.79 Å². The average molecular weight is 297 g/mol. The fourth-order valence-corrected chi connectivity index (χ4v) is 2.73. The maximum Gasteiger partial charge on any atom is 0.239 e. The predicted octanol–water partition coefficient (Wildman–Crippen LogP) is 2.45. The molecule has 4 nitrogen and oxygen atoms in total. The van der Waals surface area contributed by atoms with E-state index < -0.39 is 0 Å². The van der Waals surface area contributed by atoms with Gasteiger partial charge >= 0.3 is 0 Å². The van der Waals surface area contributed by atoms with E-state index in [0.29, 0.717) is 11.6 Å². The molecule has 5 heteroatoms. The summed E-state index contributed by atoms with van der Waals surface area (Å²) in [6, 6.07) is 5.40. The summed E-state index contributed by atoms with van der Waals surface area (Å²) in [5.41, 5.74) is 0.923. The summed E-state index contributed by atoms with van der Waals surface area (Å²) in [6.07, 6.45) is 3.17. The summed E-state index contributed by atoms with van der Waals surface area (Å²) in [4.78, 5) is 14.1. The SMILES string of the molecule is COc1ccc(Cl)cc1CN(C)C(=O)[C@H]1CCCCN1. The molecule has 110 valence electrons. The molecule has 0 aromatic heterocycles. The summed E-state index contributed by atoms with van der Waals surface area (Å²) >= 11 is 6.01. The highest BCUT2D eigenvalue weighted by atomic mass is 35.5. The first-order chi connectivity index (χ1) is 9.61. The Morgan fingerprint density at radius 3 is 2.95 bits per heavy atom. The van der Waals surface area contributed by atoms with Gasteiger partial charge in [0, 0.05) is 24.2 Å². The summed E-state index contributed by atoms with van der Waals surface area (Å²) in [5.74, 6) is 0.886. The Kier molecular flexibility index (Phi) is 5.26. The minimum atomic E-state index is -0.0565. The van der Waals surface area contributed by atoms with Crippen molar-refractivity contribution in [1.29, 1.82) is 0 Å². The van der Waals surface area contributed by atoms with E-state index in [2.05, 4.69) is 5.32 Å². The molecule has 0 saturated carbocycles. The molecule has 20 heavy (non-hydrogen) atoms. The van der Waals surface area contributed by atoms with E-state index in [1.165, 1.54) is 0 Å². The Bertz CT molecular complexity index is 473. The van der Waals surface area contributed by atoms with Crippen LogP contribution in [0.25, 0.3) is 0 Å². The molecule has 2 rings (SSSR count). The van der Waals surface area contributed by atoms with Crippen LogP contribution in [0.1, 0.15) is 24.8 Å². The number of hydrogen-bond donors (Lipinski definition) is 1. The number of ether oxygens (including phenoxy) is 1. The van der Waals surface area contributed by atoms with Crippen molar-refractivity contribution in [2.45, 2.75) is 31.8 Å². The fourth-order valence-electron chi connectivity index (χ4n) is 2.53. The van der Waals surface area contributed by atoms with E-state index in [4.69, 9.17) is 16.3 Å². The molecule has 0 aliphatic carbocycles. The molecule has 0 spiro atoms. The topological polar surface area (TPSA) is 41.6 Å². The van der Waals surface area contributed by atoms with Crippen LogP contribution in [0.3, 0.4) is 0 Å². The van der Waals surface area contributed by atoms with Crippen molar-refractivity contribution in [3.63, 3.8) is 0 Å². The van der Waals surface area contributed by atoms with Crippen LogP contribution >= 0.6 is 11.6 Å². The van der Waals surface area contributed by atoms with Gasteiger partial charge in [0.25, 0.3) is 0 Å². The Labute approximate surface area is 125 Å². The number of amides is 1. The first kappa shape index (κ1) is 15.1. The lowest BCUT2D eigenvalue weighted by atomic mass is 10.0. The lowest BCUT2D eigenvalue weighted by molar-refractivity contribution is -0.133. The van der Waals surface area contributed by atoms with Crippen LogP contribution in [0.5, 0.6) is 5.75 Å². The second-order valence-electron chi connectivity index (χ2n) is 5.15. The van der Waals surface area contributed by atoms with Crippen LogP contribution in [0.2, 0.25) is 5.02 Å². The second kappa shape index (κ2) is 6.95. The molecule has 1 N–H and O–H groups in total. The van der Waals surface area contributed by atoms with Gasteiger partial charge in [-0.25, -0.2) is 0 Å². The lowest BCUT2D eigenvalue weighted by Crippen LogP contribution is -2.47. The van der Waals surface area contributed by atoms with Crippen LogP contribution < -0.4 is 10.1 Å². The minimum absolute atomic E-state index is 0.0565. The number of carbonyl (C=O) groups is 1. The van der Waals surface area contributed by atoms with Crippen LogP contribution in [0.15, 0.2) is 18.2 Å². The first-order valence-electron chi connectivity index (χ1n) is 6.92. The zero-order chi connectivity index (χ0) is 14.5. The molecule has 0 bridgehead atoms. The van der Waals surface area contributed by atoms with Crippen molar-refractivity contribution in [3.8, 4) is 5.75 Å². The van der Waals surface area contributed by atoms with Crippen molar-refractivity contribution in [2.24, 2.45) is 0 Å². The van der Waals surface area contributed by atoms with Crippen molar-refractivity contribution >= 4 is 17.5 Å². The summed E-state index contributed by atoms with van der Waals surface area (Å²) in [6.45, 7) is 1.42. The molecular weight excluding hydrogens is 276 g/mol. The number of halogens is 1. The van der Waals surface area contributed by atoms with Crippen LogP contribution in [0.4, 0.5) is 0 Å². The van der Waals surface area contributed by atoms with Crippen molar-refractivity contribution in [1.82, 2.24) is 10.2 Å². The first-order valence-corrected chi connectivity index (χ1v) is 7.30. The summed E-state index contributed by atoms with van der Waals surface area (Å²) < 4.78 is 5.31. The number of likely N-dealkylation sites (N-methyl/N-ethyl adjacent to an activating group) is 1. The normalized spacial score (nSPS) is 18.6. The summed E-state index contributed by atoms with van der Waals surface area (Å²) in [7, 11) is 3.44. The van der Waals surface area contributed by atoms with Gasteiger partial charge in [0.2, 0.25) is 5.91 Å². The minimum Gasteiger partial charge on any atom is -0.496 e. The van der Waals surface area contributed by atoms with E-state index in [-0.39, 0.29) is 11.9 Å². The number of rotatable bonds is 4. The maximum atomic E-state index is 12.4. The van der Waals surface area contributed by atoms with Gasteiger partial charge in [-0.3, -0.25) is 4.79 Å². The molecule has 1 aliphatic rings. The highest BCUT2D eigenvalue weighted by Gasteiger charge is 2.24. The second-order valence-corrected chi connectivity index (χ2v) is 5.59. The molecule has 1 atom stereocenters. The molecule has 1 aliphatic heterocycles. The summed E-state index contributed by atoms with van der Waals surface area (Å²) in [5, 5.41) is 3.93. The number of benzene rings is 1. The standard InChI is InChI=1S/C15H21ClN2O2/c1-18(15(19)13-5-3-4-8-17-13)10-11-9-12(16)6-7-14(11)20-2/h6-7,9,13,17H,3-5,8,10H2,1-2H3/t13-/m1/s1. The van der Waals surface area contributed by atoms with Gasteiger partial charge in [-0.15, -0.1) is 0 Å². The molecule has 1 amide bonds. The lowest BCUT2D eigenvalue weighted by Gasteiger charge is -2.27. The molecule has 1 heterocycles. The number of methoxy groups -OCH3 is 1. The number of nitrogens with one attached hydrogen (secondary N) is 1. The highest BCUT2D eigenvalue weighted by Crippen LogP contribution is 2.24. The van der Waals surface area contributed by atoms with Gasteiger partial charge in [0.1, 0.15) is 5.75 Å². The smallest absolute Gasteiger partial charge is 0.239 e. The monoisotopic (exact) mass is 296 g/mol. The van der Waals surface area contributed by atoms with Crippen molar-refractivity contribution < 1.29 is 9.53 Å². The van der Waals surface area contributed by atoms with Crippen LogP contribution in [0, 0.1) is 0 Å². The van der Waals surface area contributed by atoms with E-state index in [0.717, 1.165) is 37.1 Å².